The molecule has 0 bridgehead atoms. The van der Waals surface area contributed by atoms with E-state index < -0.39 is 0 Å². The predicted octanol–water partition coefficient (Wildman–Crippen LogP) is 4.80. The molecule has 2 nitrogen and oxygen atoms in total. The first-order valence-electron chi connectivity index (χ1n) is 7.78. The Morgan fingerprint density at radius 2 is 1.87 bits per heavy atom. The van der Waals surface area contributed by atoms with Gasteiger partial charge in [-0.25, -0.2) is 0 Å². The van der Waals surface area contributed by atoms with Gasteiger partial charge in [-0.15, -0.1) is 0 Å². The van der Waals surface area contributed by atoms with Crippen LogP contribution >= 0.6 is 23.2 Å². The summed E-state index contributed by atoms with van der Waals surface area (Å²) in [4.78, 5) is 14.0. The first-order chi connectivity index (χ1) is 11.1. The maximum Gasteiger partial charge on any atom is 0.125 e. The zero-order valence-corrected chi connectivity index (χ0v) is 14.5. The molecule has 1 aliphatic rings. The largest absolute Gasteiger partial charge is 0.303 e. The molecule has 0 radical (unpaired) electrons. The van der Waals surface area contributed by atoms with Crippen LogP contribution < -0.4 is 0 Å². The second kappa shape index (κ2) is 7.04. The summed E-state index contributed by atoms with van der Waals surface area (Å²) >= 11 is 12.2. The van der Waals surface area contributed by atoms with Gasteiger partial charge in [-0.3, -0.25) is 4.90 Å². The molecule has 3 rings (SSSR count). The molecule has 0 aromatic heterocycles. The van der Waals surface area contributed by atoms with Gasteiger partial charge in [0, 0.05) is 31.0 Å². The van der Waals surface area contributed by atoms with Crippen molar-refractivity contribution in [3.8, 4) is 0 Å². The maximum atomic E-state index is 11.7. The molecule has 1 fully saturated rings. The highest BCUT2D eigenvalue weighted by Gasteiger charge is 2.39. The van der Waals surface area contributed by atoms with Crippen LogP contribution in [0.3, 0.4) is 0 Å². The quantitative estimate of drug-likeness (QED) is 0.740. The Balaban J connectivity index is 1.84. The van der Waals surface area contributed by atoms with E-state index in [1.54, 1.807) is 0 Å². The fourth-order valence-corrected chi connectivity index (χ4v) is 3.73. The number of benzene rings is 2. The average Bonchev–Trinajstić information content (AvgIpc) is 2.87. The number of nitrogens with zero attached hydrogens (tertiary/aromatic N) is 1. The molecule has 1 saturated heterocycles. The van der Waals surface area contributed by atoms with Crippen LogP contribution in [-0.4, -0.2) is 23.8 Å². The molecule has 0 amide bonds. The van der Waals surface area contributed by atoms with E-state index in [9.17, 15) is 4.79 Å². The average molecular weight is 348 g/mol. The molecule has 23 heavy (non-hydrogen) atoms. The fourth-order valence-electron chi connectivity index (χ4n) is 3.43. The number of halogens is 2. The van der Waals surface area contributed by atoms with E-state index >= 15 is 0 Å². The van der Waals surface area contributed by atoms with Gasteiger partial charge in [0.25, 0.3) is 0 Å². The van der Waals surface area contributed by atoms with Gasteiger partial charge in [0.2, 0.25) is 0 Å². The summed E-state index contributed by atoms with van der Waals surface area (Å²) in [5, 5.41) is 1.09. The summed E-state index contributed by atoms with van der Waals surface area (Å²) in [5.41, 5.74) is 2.35. The lowest BCUT2D eigenvalue weighted by Crippen LogP contribution is -2.30. The highest BCUT2D eigenvalue weighted by Crippen LogP contribution is 2.38. The first kappa shape index (κ1) is 16.5. The Bertz CT molecular complexity index is 689. The minimum Gasteiger partial charge on any atom is -0.303 e. The number of hydrogen-bond donors (Lipinski definition) is 0. The highest BCUT2D eigenvalue weighted by molar-refractivity contribution is 6.42. The fraction of sp³-hybridized carbons (Fsp3) is 0.316. The molecule has 1 aliphatic heterocycles. The standard InChI is InChI=1S/C19H19Cl2NO/c1-13-17(12-23)16(15-7-8-18(20)19(21)9-15)11-22(13)10-14-5-3-2-4-6-14/h2-9,12-13,16-17H,10-11H2,1H3/t13?,16-,17+/m0/s1. The number of likely N-dealkylation sites (tertiary alicyclic amines) is 1. The van der Waals surface area contributed by atoms with Crippen LogP contribution in [0.15, 0.2) is 48.5 Å². The highest BCUT2D eigenvalue weighted by atomic mass is 35.5. The Hall–Kier alpha value is -1.35. The summed E-state index contributed by atoms with van der Waals surface area (Å²) in [6.45, 7) is 3.82. The Morgan fingerprint density at radius 3 is 2.52 bits per heavy atom. The van der Waals surface area contributed by atoms with E-state index in [2.05, 4.69) is 24.0 Å². The first-order valence-corrected chi connectivity index (χ1v) is 8.54. The topological polar surface area (TPSA) is 20.3 Å². The van der Waals surface area contributed by atoms with Crippen LogP contribution in [0.2, 0.25) is 10.0 Å². The normalized spacial score (nSPS) is 24.7. The molecule has 3 atom stereocenters. The minimum atomic E-state index is -0.0315. The van der Waals surface area contributed by atoms with E-state index in [0.717, 1.165) is 24.9 Å². The van der Waals surface area contributed by atoms with E-state index in [1.807, 2.05) is 36.4 Å². The van der Waals surface area contributed by atoms with Gasteiger partial charge in [-0.1, -0.05) is 59.6 Å². The molecular weight excluding hydrogens is 329 g/mol. The molecule has 0 spiro atoms. The van der Waals surface area contributed by atoms with Crippen molar-refractivity contribution in [3.63, 3.8) is 0 Å². The van der Waals surface area contributed by atoms with E-state index in [0.29, 0.717) is 10.0 Å². The zero-order valence-electron chi connectivity index (χ0n) is 13.0. The molecule has 120 valence electrons. The summed E-state index contributed by atoms with van der Waals surface area (Å²) in [5.74, 6) is 0.122. The lowest BCUT2D eigenvalue weighted by molar-refractivity contribution is -0.111. The Morgan fingerprint density at radius 1 is 1.13 bits per heavy atom. The lowest BCUT2D eigenvalue weighted by Gasteiger charge is -2.22. The van der Waals surface area contributed by atoms with Gasteiger partial charge in [0.05, 0.1) is 10.0 Å². The molecule has 0 aliphatic carbocycles. The van der Waals surface area contributed by atoms with Crippen LogP contribution in [-0.2, 0) is 11.3 Å². The number of carbonyl (C=O) groups excluding carboxylic acids is 1. The molecule has 1 unspecified atom stereocenters. The van der Waals surface area contributed by atoms with Crippen molar-refractivity contribution in [2.24, 2.45) is 5.92 Å². The summed E-state index contributed by atoms with van der Waals surface area (Å²) in [7, 11) is 0. The van der Waals surface area contributed by atoms with Crippen molar-refractivity contribution in [3.05, 3.63) is 69.7 Å². The van der Waals surface area contributed by atoms with Crippen LogP contribution in [0.25, 0.3) is 0 Å². The van der Waals surface area contributed by atoms with Gasteiger partial charge >= 0.3 is 0 Å². The van der Waals surface area contributed by atoms with Crippen molar-refractivity contribution in [1.29, 1.82) is 0 Å². The second-order valence-corrected chi connectivity index (χ2v) is 6.96. The Kier molecular flexibility index (Phi) is 5.05. The molecule has 0 N–H and O–H groups in total. The van der Waals surface area contributed by atoms with Gasteiger partial charge in [0.15, 0.2) is 0 Å². The van der Waals surface area contributed by atoms with Crippen molar-refractivity contribution in [2.45, 2.75) is 25.4 Å². The second-order valence-electron chi connectivity index (χ2n) is 6.15. The Labute approximate surface area is 147 Å². The van der Waals surface area contributed by atoms with Gasteiger partial charge < -0.3 is 4.79 Å². The van der Waals surface area contributed by atoms with Crippen LogP contribution in [0, 0.1) is 5.92 Å². The van der Waals surface area contributed by atoms with Crippen LogP contribution in [0.5, 0.6) is 0 Å². The molecule has 4 heteroatoms. The van der Waals surface area contributed by atoms with Crippen molar-refractivity contribution in [2.75, 3.05) is 6.54 Å². The molecule has 2 aromatic rings. The molecule has 0 saturated carbocycles. The summed E-state index contributed by atoms with van der Waals surface area (Å²) in [6.07, 6.45) is 1.09. The third-order valence-electron chi connectivity index (χ3n) is 4.79. The van der Waals surface area contributed by atoms with E-state index in [1.165, 1.54) is 5.56 Å². The SMILES string of the molecule is CC1[C@@H](C=O)[C@H](c2ccc(Cl)c(Cl)c2)CN1Cc1ccccc1. The van der Waals surface area contributed by atoms with Crippen molar-refractivity contribution >= 4 is 29.5 Å². The van der Waals surface area contributed by atoms with Crippen LogP contribution in [0.1, 0.15) is 24.0 Å². The maximum absolute atomic E-state index is 11.7. The monoisotopic (exact) mass is 347 g/mol. The van der Waals surface area contributed by atoms with Gasteiger partial charge in [0.1, 0.15) is 6.29 Å². The van der Waals surface area contributed by atoms with Gasteiger partial charge in [-0.05, 0) is 30.2 Å². The smallest absolute Gasteiger partial charge is 0.125 e. The zero-order chi connectivity index (χ0) is 16.4. The molecule has 2 aromatic carbocycles. The number of hydrogen-bond acceptors (Lipinski definition) is 2. The third-order valence-corrected chi connectivity index (χ3v) is 5.53. The van der Waals surface area contributed by atoms with Crippen molar-refractivity contribution in [1.82, 2.24) is 4.90 Å². The third kappa shape index (κ3) is 3.45. The number of rotatable bonds is 4. The predicted molar refractivity (Wildman–Crippen MR) is 95.1 cm³/mol. The minimum absolute atomic E-state index is 0.0315. The summed E-state index contributed by atoms with van der Waals surface area (Å²) in [6, 6.07) is 16.2. The summed E-state index contributed by atoms with van der Waals surface area (Å²) < 4.78 is 0. The number of carbonyl (C=O) groups is 1. The van der Waals surface area contributed by atoms with Crippen molar-refractivity contribution < 1.29 is 4.79 Å². The van der Waals surface area contributed by atoms with E-state index in [4.69, 9.17) is 23.2 Å². The van der Waals surface area contributed by atoms with Gasteiger partial charge in [-0.2, -0.15) is 0 Å². The van der Waals surface area contributed by atoms with Crippen LogP contribution in [0.4, 0.5) is 0 Å². The lowest BCUT2D eigenvalue weighted by atomic mass is 9.87. The van der Waals surface area contributed by atoms with E-state index in [-0.39, 0.29) is 17.9 Å². The number of aldehydes is 1. The molecular formula is C19H19Cl2NO. The molecule has 1 heterocycles.